The van der Waals surface area contributed by atoms with Crippen molar-refractivity contribution in [1.82, 2.24) is 9.88 Å². The van der Waals surface area contributed by atoms with Gasteiger partial charge in [0.15, 0.2) is 0 Å². The van der Waals surface area contributed by atoms with E-state index in [0.717, 1.165) is 4.88 Å². The summed E-state index contributed by atoms with van der Waals surface area (Å²) < 4.78 is 5.77. The van der Waals surface area contributed by atoms with Crippen molar-refractivity contribution in [3.05, 3.63) is 87.9 Å². The number of pyridine rings is 1. The van der Waals surface area contributed by atoms with Crippen LogP contribution in [-0.4, -0.2) is 33.3 Å². The number of carbonyl (C=O) groups is 2. The third kappa shape index (κ3) is 4.43. The van der Waals surface area contributed by atoms with E-state index in [0.29, 0.717) is 29.5 Å². The zero-order valence-corrected chi connectivity index (χ0v) is 18.7. The third-order valence-electron chi connectivity index (χ3n) is 5.10. The first-order valence-electron chi connectivity index (χ1n) is 10.4. The maximum absolute atomic E-state index is 13.1. The summed E-state index contributed by atoms with van der Waals surface area (Å²) in [6, 6.07) is 15.4. The van der Waals surface area contributed by atoms with Crippen LogP contribution in [0.15, 0.2) is 71.7 Å². The molecule has 1 saturated heterocycles. The highest BCUT2D eigenvalue weighted by Crippen LogP contribution is 2.42. The molecule has 1 N–H and O–H groups in total. The third-order valence-corrected chi connectivity index (χ3v) is 6.03. The molecule has 0 spiro atoms. The summed E-state index contributed by atoms with van der Waals surface area (Å²) in [6.45, 7) is 4.80. The summed E-state index contributed by atoms with van der Waals surface area (Å²) in [5.41, 5.74) is 1.18. The Labute approximate surface area is 190 Å². The van der Waals surface area contributed by atoms with E-state index in [2.05, 4.69) is 4.98 Å². The molecule has 1 unspecified atom stereocenters. The van der Waals surface area contributed by atoms with Crippen LogP contribution in [-0.2, 0) is 16.1 Å². The largest absolute Gasteiger partial charge is 0.507 e. The lowest BCUT2D eigenvalue weighted by Crippen LogP contribution is -2.29. The number of carbonyl (C=O) groups excluding carboxylic acids is 2. The van der Waals surface area contributed by atoms with Gasteiger partial charge in [-0.3, -0.25) is 14.6 Å². The van der Waals surface area contributed by atoms with Crippen LogP contribution in [0.5, 0.6) is 5.75 Å². The molecule has 1 fully saturated rings. The number of rotatable bonds is 7. The van der Waals surface area contributed by atoms with E-state index >= 15 is 0 Å². The molecule has 1 aliphatic heterocycles. The van der Waals surface area contributed by atoms with Gasteiger partial charge in [-0.25, -0.2) is 0 Å². The van der Waals surface area contributed by atoms with Crippen LogP contribution < -0.4 is 4.74 Å². The van der Waals surface area contributed by atoms with E-state index in [1.807, 2.05) is 37.4 Å². The first-order chi connectivity index (χ1) is 15.5. The molecule has 32 heavy (non-hydrogen) atoms. The van der Waals surface area contributed by atoms with Crippen molar-refractivity contribution in [2.75, 3.05) is 6.61 Å². The highest BCUT2D eigenvalue weighted by Gasteiger charge is 2.46. The number of ether oxygens (including phenoxy) is 1. The second-order valence-electron chi connectivity index (χ2n) is 8.00. The van der Waals surface area contributed by atoms with Crippen LogP contribution in [0.1, 0.15) is 36.0 Å². The Bertz CT molecular complexity index is 1140. The first-order valence-corrected chi connectivity index (χ1v) is 11.3. The summed E-state index contributed by atoms with van der Waals surface area (Å²) in [7, 11) is 0. The van der Waals surface area contributed by atoms with Gasteiger partial charge in [-0.1, -0.05) is 38.1 Å². The highest BCUT2D eigenvalue weighted by molar-refractivity contribution is 7.10. The van der Waals surface area contributed by atoms with Gasteiger partial charge in [-0.2, -0.15) is 0 Å². The second kappa shape index (κ2) is 9.36. The number of aliphatic hydroxyl groups is 1. The van der Waals surface area contributed by atoms with Crippen molar-refractivity contribution in [2.45, 2.75) is 26.4 Å². The van der Waals surface area contributed by atoms with Gasteiger partial charge >= 0.3 is 0 Å². The lowest BCUT2D eigenvalue weighted by atomic mass is 9.99. The van der Waals surface area contributed by atoms with Crippen molar-refractivity contribution in [3.8, 4) is 5.75 Å². The number of nitrogens with zero attached hydrogens (tertiary/aromatic N) is 2. The minimum atomic E-state index is -0.703. The number of aliphatic hydroxyl groups excluding tert-OH is 1. The van der Waals surface area contributed by atoms with Crippen LogP contribution in [0.4, 0.5) is 0 Å². The zero-order chi connectivity index (χ0) is 22.7. The molecule has 164 valence electrons. The predicted molar refractivity (Wildman–Crippen MR) is 123 cm³/mol. The number of thiophene rings is 1. The molecule has 1 aromatic carbocycles. The highest BCUT2D eigenvalue weighted by atomic mass is 32.1. The summed E-state index contributed by atoms with van der Waals surface area (Å²) in [5.74, 6) is -0.616. The Balaban J connectivity index is 1.76. The zero-order valence-electron chi connectivity index (χ0n) is 17.9. The topological polar surface area (TPSA) is 79.7 Å². The van der Waals surface area contributed by atoms with Crippen LogP contribution in [0, 0.1) is 5.92 Å². The number of ketones is 1. The molecule has 6 nitrogen and oxygen atoms in total. The molecular weight excluding hydrogens is 424 g/mol. The quantitative estimate of drug-likeness (QED) is 0.319. The molecule has 0 aliphatic carbocycles. The standard InChI is InChI=1S/C25H24N2O4S/c1-16(2)15-31-19-9-5-7-17(13-19)23(28)21-22(20-10-6-12-32-20)27(25(30)24(21)29)14-18-8-3-4-11-26-18/h3-13,16,22,28H,14-15H2,1-2H3/b23-21-. The number of likely N-dealkylation sites (tertiary alicyclic amines) is 1. The van der Waals surface area contributed by atoms with E-state index in [1.54, 1.807) is 42.6 Å². The monoisotopic (exact) mass is 448 g/mol. The van der Waals surface area contributed by atoms with Crippen molar-refractivity contribution in [1.29, 1.82) is 0 Å². The SMILES string of the molecule is CC(C)COc1cccc(/C(O)=C2/C(=O)C(=O)N(Cc3ccccn3)C2c2cccs2)c1. The molecule has 0 saturated carbocycles. The Morgan fingerprint density at radius 3 is 2.69 bits per heavy atom. The van der Waals surface area contributed by atoms with Crippen LogP contribution in [0.3, 0.4) is 0 Å². The molecule has 7 heteroatoms. The average Bonchev–Trinajstić information content (AvgIpc) is 3.41. The smallest absolute Gasteiger partial charge is 0.296 e. The molecular formula is C25H24N2O4S. The molecule has 3 heterocycles. The lowest BCUT2D eigenvalue weighted by Gasteiger charge is -2.23. The van der Waals surface area contributed by atoms with E-state index in [4.69, 9.17) is 4.74 Å². The molecule has 1 atom stereocenters. The van der Waals surface area contributed by atoms with Crippen molar-refractivity contribution in [2.24, 2.45) is 5.92 Å². The summed E-state index contributed by atoms with van der Waals surface area (Å²) in [6.07, 6.45) is 1.65. The predicted octanol–water partition coefficient (Wildman–Crippen LogP) is 4.80. The van der Waals surface area contributed by atoms with E-state index in [1.165, 1.54) is 16.2 Å². The van der Waals surface area contributed by atoms with Gasteiger partial charge in [0, 0.05) is 16.6 Å². The first kappa shape index (κ1) is 21.8. The Morgan fingerprint density at radius 1 is 1.16 bits per heavy atom. The second-order valence-corrected chi connectivity index (χ2v) is 8.98. The van der Waals surface area contributed by atoms with Gasteiger partial charge in [0.25, 0.3) is 11.7 Å². The number of amides is 1. The number of Topliss-reactive ketones (excluding diaryl/α,β-unsaturated/α-hetero) is 1. The van der Waals surface area contributed by atoms with Crippen molar-refractivity contribution >= 4 is 28.8 Å². The number of hydrogen-bond donors (Lipinski definition) is 1. The molecule has 1 aliphatic rings. The molecule has 4 rings (SSSR count). The molecule has 0 radical (unpaired) electrons. The van der Waals surface area contributed by atoms with Crippen LogP contribution in [0.2, 0.25) is 0 Å². The number of benzene rings is 1. The summed E-state index contributed by atoms with van der Waals surface area (Å²) in [5, 5.41) is 13.1. The van der Waals surface area contributed by atoms with Gasteiger partial charge in [-0.05, 0) is 41.6 Å². The van der Waals surface area contributed by atoms with Crippen molar-refractivity contribution < 1.29 is 19.4 Å². The number of hydrogen-bond acceptors (Lipinski definition) is 6. The summed E-state index contributed by atoms with van der Waals surface area (Å²) >= 11 is 1.43. The van der Waals surface area contributed by atoms with E-state index in [-0.39, 0.29) is 17.9 Å². The van der Waals surface area contributed by atoms with Gasteiger partial charge in [0.05, 0.1) is 24.4 Å². The van der Waals surface area contributed by atoms with Gasteiger partial charge < -0.3 is 14.7 Å². The van der Waals surface area contributed by atoms with Crippen LogP contribution in [0.25, 0.3) is 5.76 Å². The van der Waals surface area contributed by atoms with E-state index < -0.39 is 17.7 Å². The minimum Gasteiger partial charge on any atom is -0.507 e. The maximum Gasteiger partial charge on any atom is 0.296 e. The maximum atomic E-state index is 13.1. The van der Waals surface area contributed by atoms with Gasteiger partial charge in [0.2, 0.25) is 0 Å². The van der Waals surface area contributed by atoms with Gasteiger partial charge in [0.1, 0.15) is 17.6 Å². The average molecular weight is 449 g/mol. The minimum absolute atomic E-state index is 0.0781. The molecule has 0 bridgehead atoms. The van der Waals surface area contributed by atoms with Gasteiger partial charge in [-0.15, -0.1) is 11.3 Å². The fourth-order valence-electron chi connectivity index (χ4n) is 3.60. The Morgan fingerprint density at radius 2 is 2.00 bits per heavy atom. The molecule has 1 amide bonds. The fourth-order valence-corrected chi connectivity index (χ4v) is 4.45. The lowest BCUT2D eigenvalue weighted by molar-refractivity contribution is -0.140. The Hall–Kier alpha value is -3.45. The summed E-state index contributed by atoms with van der Waals surface area (Å²) in [4.78, 5) is 32.6. The van der Waals surface area contributed by atoms with Crippen LogP contribution >= 0.6 is 11.3 Å². The fraction of sp³-hybridized carbons (Fsp3) is 0.240. The molecule has 2 aromatic heterocycles. The number of aromatic nitrogens is 1. The molecule has 3 aromatic rings. The van der Waals surface area contributed by atoms with E-state index in [9.17, 15) is 14.7 Å². The Kier molecular flexibility index (Phi) is 6.37. The van der Waals surface area contributed by atoms with Crippen molar-refractivity contribution in [3.63, 3.8) is 0 Å². The normalized spacial score (nSPS) is 17.8.